The van der Waals surface area contributed by atoms with Gasteiger partial charge in [-0.3, -0.25) is 4.79 Å². The molecule has 0 saturated carbocycles. The number of hydrogen-bond donors (Lipinski definition) is 3. The molecule has 3 N–H and O–H groups in total. The Kier molecular flexibility index (Phi) is 5.40. The van der Waals surface area contributed by atoms with Crippen molar-refractivity contribution in [2.75, 3.05) is 18.1 Å². The zero-order chi connectivity index (χ0) is 12.8. The van der Waals surface area contributed by atoms with Gasteiger partial charge in [0.15, 0.2) is 5.78 Å². The maximum atomic E-state index is 12.9. The molecule has 0 radical (unpaired) electrons. The molecule has 1 unspecified atom stereocenters. The Balaban J connectivity index is 2.55. The molecule has 6 heteroatoms. The summed E-state index contributed by atoms with van der Waals surface area (Å²) in [7, 11) is 0. The zero-order valence-corrected chi connectivity index (χ0v) is 9.78. The minimum Gasteiger partial charge on any atom is -0.507 e. The molecule has 94 valence electrons. The van der Waals surface area contributed by atoms with E-state index in [9.17, 15) is 14.3 Å². The molecule has 1 aromatic carbocycles. The Hall–Kier alpha value is -1.11. The van der Waals surface area contributed by atoms with E-state index in [0.717, 1.165) is 30.0 Å². The van der Waals surface area contributed by atoms with Crippen molar-refractivity contribution < 1.29 is 24.5 Å². The van der Waals surface area contributed by atoms with Crippen LogP contribution >= 0.6 is 11.8 Å². The Morgan fingerprint density at radius 1 is 1.47 bits per heavy atom. The fourth-order valence-electron chi connectivity index (χ4n) is 1.15. The molecule has 1 aromatic rings. The monoisotopic (exact) mass is 260 g/mol. The first-order valence-electron chi connectivity index (χ1n) is 4.93. The number of halogens is 1. The SMILES string of the molecule is O=C(CSCC(O)CO)c1cc(F)ccc1O. The van der Waals surface area contributed by atoms with E-state index in [1.807, 2.05) is 0 Å². The summed E-state index contributed by atoms with van der Waals surface area (Å²) >= 11 is 1.11. The number of aliphatic hydroxyl groups excluding tert-OH is 2. The summed E-state index contributed by atoms with van der Waals surface area (Å²) in [5, 5.41) is 27.0. The summed E-state index contributed by atoms with van der Waals surface area (Å²) in [5.41, 5.74) is -0.0732. The Bertz CT molecular complexity index is 397. The lowest BCUT2D eigenvalue weighted by atomic mass is 10.1. The standard InChI is InChI=1S/C11H13FO4S/c12-7-1-2-10(15)9(3-7)11(16)6-17-5-8(14)4-13/h1-3,8,13-15H,4-6H2. The first-order valence-corrected chi connectivity index (χ1v) is 6.08. The van der Waals surface area contributed by atoms with Crippen LogP contribution in [0.5, 0.6) is 5.75 Å². The average molecular weight is 260 g/mol. The van der Waals surface area contributed by atoms with Crippen LogP contribution in [0, 0.1) is 5.82 Å². The van der Waals surface area contributed by atoms with Crippen LogP contribution in [0.15, 0.2) is 18.2 Å². The van der Waals surface area contributed by atoms with Crippen molar-refractivity contribution in [3.63, 3.8) is 0 Å². The molecule has 0 heterocycles. The molecule has 0 aromatic heterocycles. The minimum atomic E-state index is -0.881. The molecule has 0 aliphatic heterocycles. The Morgan fingerprint density at radius 2 is 2.18 bits per heavy atom. The van der Waals surface area contributed by atoms with Gasteiger partial charge in [-0.1, -0.05) is 0 Å². The van der Waals surface area contributed by atoms with Crippen LogP contribution in [0.2, 0.25) is 0 Å². The van der Waals surface area contributed by atoms with E-state index in [1.54, 1.807) is 0 Å². The fraction of sp³-hybridized carbons (Fsp3) is 0.364. The van der Waals surface area contributed by atoms with Crippen molar-refractivity contribution in [1.29, 1.82) is 0 Å². The van der Waals surface area contributed by atoms with Gasteiger partial charge in [-0.2, -0.15) is 11.8 Å². The van der Waals surface area contributed by atoms with E-state index in [2.05, 4.69) is 0 Å². The predicted octanol–water partition coefficient (Wildman–Crippen LogP) is 0.800. The molecular formula is C11H13FO4S. The smallest absolute Gasteiger partial charge is 0.176 e. The normalized spacial score (nSPS) is 12.4. The lowest BCUT2D eigenvalue weighted by Gasteiger charge is -2.07. The fourth-order valence-corrected chi connectivity index (χ4v) is 1.99. The number of phenolic OH excluding ortho intramolecular Hbond substituents is 1. The maximum absolute atomic E-state index is 12.9. The number of Topliss-reactive ketones (excluding diaryl/α,β-unsaturated/α-hetero) is 1. The lowest BCUT2D eigenvalue weighted by molar-refractivity contribution is 0.101. The molecule has 1 atom stereocenters. The van der Waals surface area contributed by atoms with Crippen molar-refractivity contribution in [3.8, 4) is 5.75 Å². The van der Waals surface area contributed by atoms with Gasteiger partial charge in [-0.25, -0.2) is 4.39 Å². The van der Waals surface area contributed by atoms with Gasteiger partial charge >= 0.3 is 0 Å². The van der Waals surface area contributed by atoms with E-state index < -0.39 is 17.7 Å². The molecule has 17 heavy (non-hydrogen) atoms. The molecule has 0 saturated heterocycles. The number of phenols is 1. The largest absolute Gasteiger partial charge is 0.507 e. The highest BCUT2D eigenvalue weighted by Crippen LogP contribution is 2.20. The van der Waals surface area contributed by atoms with Gasteiger partial charge in [-0.05, 0) is 18.2 Å². The van der Waals surface area contributed by atoms with Gasteiger partial charge in [0.2, 0.25) is 0 Å². The average Bonchev–Trinajstić information content (AvgIpc) is 2.31. The highest BCUT2D eigenvalue weighted by atomic mass is 32.2. The van der Waals surface area contributed by atoms with E-state index in [-0.39, 0.29) is 29.4 Å². The third-order valence-corrected chi connectivity index (χ3v) is 3.10. The quantitative estimate of drug-likeness (QED) is 0.659. The summed E-state index contributed by atoms with van der Waals surface area (Å²) < 4.78 is 12.9. The summed E-state index contributed by atoms with van der Waals surface area (Å²) in [6.07, 6.45) is -0.881. The Labute approximate surface area is 102 Å². The van der Waals surface area contributed by atoms with E-state index in [0.29, 0.717) is 0 Å². The van der Waals surface area contributed by atoms with Crippen LogP contribution in [0.1, 0.15) is 10.4 Å². The number of rotatable bonds is 6. The van der Waals surface area contributed by atoms with Crippen LogP contribution in [0.3, 0.4) is 0 Å². The number of carbonyl (C=O) groups is 1. The molecule has 0 amide bonds. The van der Waals surface area contributed by atoms with Crippen LogP contribution in [0.4, 0.5) is 4.39 Å². The van der Waals surface area contributed by atoms with Crippen LogP contribution < -0.4 is 0 Å². The molecule has 0 aliphatic rings. The van der Waals surface area contributed by atoms with E-state index >= 15 is 0 Å². The number of thioether (sulfide) groups is 1. The van der Waals surface area contributed by atoms with Crippen molar-refractivity contribution >= 4 is 17.5 Å². The predicted molar refractivity (Wildman–Crippen MR) is 62.8 cm³/mol. The van der Waals surface area contributed by atoms with E-state index in [1.165, 1.54) is 0 Å². The number of aliphatic hydroxyl groups is 2. The molecule has 0 spiro atoms. The molecule has 0 aliphatic carbocycles. The van der Waals surface area contributed by atoms with Crippen molar-refractivity contribution in [2.24, 2.45) is 0 Å². The molecule has 0 fully saturated rings. The summed E-state index contributed by atoms with van der Waals surface area (Å²) in [5.74, 6) is -1.06. The van der Waals surface area contributed by atoms with Gasteiger partial charge in [0.05, 0.1) is 24.0 Å². The maximum Gasteiger partial charge on any atom is 0.176 e. The second-order valence-corrected chi connectivity index (χ2v) is 4.47. The third kappa shape index (κ3) is 4.33. The summed E-state index contributed by atoms with van der Waals surface area (Å²) in [4.78, 5) is 11.6. The number of aromatic hydroxyl groups is 1. The first-order chi connectivity index (χ1) is 8.04. The van der Waals surface area contributed by atoms with Crippen LogP contribution in [-0.2, 0) is 0 Å². The van der Waals surface area contributed by atoms with Gasteiger partial charge in [0.1, 0.15) is 11.6 Å². The molecule has 1 rings (SSSR count). The summed E-state index contributed by atoms with van der Waals surface area (Å²) in [6, 6.07) is 3.16. The Morgan fingerprint density at radius 3 is 2.82 bits per heavy atom. The molecular weight excluding hydrogens is 247 g/mol. The van der Waals surface area contributed by atoms with Gasteiger partial charge in [0.25, 0.3) is 0 Å². The minimum absolute atomic E-state index is 0.00801. The van der Waals surface area contributed by atoms with Gasteiger partial charge in [0, 0.05) is 5.75 Å². The van der Waals surface area contributed by atoms with Crippen LogP contribution in [-0.4, -0.2) is 45.3 Å². The number of carbonyl (C=O) groups excluding carboxylic acids is 1. The van der Waals surface area contributed by atoms with Crippen LogP contribution in [0.25, 0.3) is 0 Å². The highest BCUT2D eigenvalue weighted by molar-refractivity contribution is 8.00. The van der Waals surface area contributed by atoms with Crippen molar-refractivity contribution in [1.82, 2.24) is 0 Å². The van der Waals surface area contributed by atoms with Gasteiger partial charge in [-0.15, -0.1) is 0 Å². The lowest BCUT2D eigenvalue weighted by Crippen LogP contribution is -2.16. The van der Waals surface area contributed by atoms with E-state index in [4.69, 9.17) is 10.2 Å². The topological polar surface area (TPSA) is 77.8 Å². The number of ketones is 1. The number of benzene rings is 1. The second-order valence-electron chi connectivity index (χ2n) is 3.44. The highest BCUT2D eigenvalue weighted by Gasteiger charge is 2.13. The molecule has 0 bridgehead atoms. The second kappa shape index (κ2) is 6.58. The van der Waals surface area contributed by atoms with Gasteiger partial charge < -0.3 is 15.3 Å². The summed E-state index contributed by atoms with van der Waals surface area (Å²) in [6.45, 7) is -0.369. The first kappa shape index (κ1) is 14.0. The molecule has 4 nitrogen and oxygen atoms in total. The zero-order valence-electron chi connectivity index (χ0n) is 8.97. The van der Waals surface area contributed by atoms with Crippen molar-refractivity contribution in [2.45, 2.75) is 6.10 Å². The number of hydrogen-bond acceptors (Lipinski definition) is 5. The third-order valence-electron chi connectivity index (χ3n) is 2.01. The van der Waals surface area contributed by atoms with Crippen molar-refractivity contribution in [3.05, 3.63) is 29.6 Å².